The summed E-state index contributed by atoms with van der Waals surface area (Å²) in [7, 11) is 0. The molecule has 0 bridgehead atoms. The maximum absolute atomic E-state index is 11.5. The SMILES string of the molecule is O=c1cn[nH]c(=S)n1/N=C\c1c(Cl)ccc(Cl)c1Cl. The van der Waals surface area contributed by atoms with Crippen molar-refractivity contribution in [3.8, 4) is 0 Å². The van der Waals surface area contributed by atoms with E-state index in [2.05, 4.69) is 15.3 Å². The second kappa shape index (κ2) is 5.83. The van der Waals surface area contributed by atoms with Crippen molar-refractivity contribution in [1.29, 1.82) is 0 Å². The van der Waals surface area contributed by atoms with Crippen molar-refractivity contribution in [2.24, 2.45) is 5.10 Å². The summed E-state index contributed by atoms with van der Waals surface area (Å²) in [6.07, 6.45) is 2.36. The van der Waals surface area contributed by atoms with Gasteiger partial charge in [-0.05, 0) is 24.4 Å². The Morgan fingerprint density at radius 1 is 1.32 bits per heavy atom. The molecule has 0 saturated carbocycles. The third kappa shape index (κ3) is 3.03. The highest BCUT2D eigenvalue weighted by molar-refractivity contribution is 7.71. The van der Waals surface area contributed by atoms with Crippen LogP contribution in [0.4, 0.5) is 0 Å². The lowest BCUT2D eigenvalue weighted by Crippen LogP contribution is -2.18. The quantitative estimate of drug-likeness (QED) is 0.521. The van der Waals surface area contributed by atoms with Crippen molar-refractivity contribution in [2.45, 2.75) is 0 Å². The van der Waals surface area contributed by atoms with Gasteiger partial charge in [0.25, 0.3) is 5.56 Å². The Balaban J connectivity index is 2.53. The van der Waals surface area contributed by atoms with E-state index in [1.54, 1.807) is 12.1 Å². The third-order valence-corrected chi connectivity index (χ3v) is 3.53. The zero-order chi connectivity index (χ0) is 14.0. The minimum absolute atomic E-state index is 0.0537. The van der Waals surface area contributed by atoms with Gasteiger partial charge in [-0.2, -0.15) is 14.9 Å². The highest BCUT2D eigenvalue weighted by atomic mass is 35.5. The fraction of sp³-hybridized carbons (Fsp3) is 0. The number of hydrogen-bond acceptors (Lipinski definition) is 4. The molecule has 19 heavy (non-hydrogen) atoms. The Labute approximate surface area is 127 Å². The summed E-state index contributed by atoms with van der Waals surface area (Å²) in [6, 6.07) is 3.14. The van der Waals surface area contributed by atoms with Crippen LogP contribution in [-0.4, -0.2) is 21.1 Å². The van der Waals surface area contributed by atoms with Crippen LogP contribution in [0.25, 0.3) is 0 Å². The molecule has 0 aliphatic carbocycles. The zero-order valence-electron chi connectivity index (χ0n) is 9.10. The van der Waals surface area contributed by atoms with Gasteiger partial charge in [-0.1, -0.05) is 34.8 Å². The summed E-state index contributed by atoms with van der Waals surface area (Å²) in [5.74, 6) is 0. The number of halogens is 3. The highest BCUT2D eigenvalue weighted by Crippen LogP contribution is 2.29. The number of H-pyrrole nitrogens is 1. The lowest BCUT2D eigenvalue weighted by atomic mass is 10.2. The van der Waals surface area contributed by atoms with Gasteiger partial charge in [0.05, 0.1) is 21.3 Å². The maximum atomic E-state index is 11.5. The summed E-state index contributed by atoms with van der Waals surface area (Å²) in [4.78, 5) is 11.5. The van der Waals surface area contributed by atoms with Gasteiger partial charge in [-0.25, -0.2) is 0 Å². The Bertz CT molecular complexity index is 740. The van der Waals surface area contributed by atoms with Crippen LogP contribution < -0.4 is 5.56 Å². The van der Waals surface area contributed by atoms with Crippen molar-refractivity contribution >= 4 is 53.2 Å². The van der Waals surface area contributed by atoms with E-state index in [4.69, 9.17) is 47.0 Å². The first-order chi connectivity index (χ1) is 9.00. The second-order valence-electron chi connectivity index (χ2n) is 3.33. The number of benzene rings is 1. The van der Waals surface area contributed by atoms with Crippen molar-refractivity contribution in [3.63, 3.8) is 0 Å². The van der Waals surface area contributed by atoms with Crippen molar-refractivity contribution in [2.75, 3.05) is 0 Å². The molecule has 1 heterocycles. The van der Waals surface area contributed by atoms with Crippen molar-refractivity contribution < 1.29 is 0 Å². The van der Waals surface area contributed by atoms with E-state index in [1.807, 2.05) is 0 Å². The molecule has 9 heteroatoms. The van der Waals surface area contributed by atoms with Crippen LogP contribution in [0, 0.1) is 4.77 Å². The lowest BCUT2D eigenvalue weighted by molar-refractivity contribution is 0.738. The summed E-state index contributed by atoms with van der Waals surface area (Å²) >= 11 is 22.7. The predicted molar refractivity (Wildman–Crippen MR) is 78.1 cm³/mol. The van der Waals surface area contributed by atoms with Crippen molar-refractivity contribution in [3.05, 3.63) is 54.1 Å². The Morgan fingerprint density at radius 2 is 2.00 bits per heavy atom. The first-order valence-electron chi connectivity index (χ1n) is 4.85. The molecule has 2 rings (SSSR count). The first kappa shape index (κ1) is 14.2. The lowest BCUT2D eigenvalue weighted by Gasteiger charge is -2.03. The largest absolute Gasteiger partial charge is 0.293 e. The number of aromatic nitrogens is 3. The smallest absolute Gasteiger partial charge is 0.265 e. The predicted octanol–water partition coefficient (Wildman–Crippen LogP) is 3.14. The molecular formula is C10H5Cl3N4OS. The van der Waals surface area contributed by atoms with Gasteiger partial charge in [0.15, 0.2) is 0 Å². The van der Waals surface area contributed by atoms with E-state index in [0.717, 1.165) is 10.9 Å². The molecule has 0 saturated heterocycles. The average Bonchev–Trinajstić information content (AvgIpc) is 2.37. The molecule has 1 aromatic heterocycles. The zero-order valence-corrected chi connectivity index (χ0v) is 12.2. The molecule has 0 unspecified atom stereocenters. The fourth-order valence-corrected chi connectivity index (χ4v) is 2.05. The molecule has 1 aromatic carbocycles. The van der Waals surface area contributed by atoms with Crippen LogP contribution in [0.5, 0.6) is 0 Å². The third-order valence-electron chi connectivity index (χ3n) is 2.12. The Morgan fingerprint density at radius 3 is 2.68 bits per heavy atom. The average molecular weight is 336 g/mol. The van der Waals surface area contributed by atoms with Gasteiger partial charge in [-0.15, -0.1) is 0 Å². The van der Waals surface area contributed by atoms with Gasteiger partial charge in [0, 0.05) is 5.56 Å². The number of hydrogen-bond donors (Lipinski definition) is 1. The highest BCUT2D eigenvalue weighted by Gasteiger charge is 2.07. The van der Waals surface area contributed by atoms with E-state index in [0.29, 0.717) is 15.6 Å². The number of nitrogens with one attached hydrogen (secondary N) is 1. The Hall–Kier alpha value is -1.21. The molecule has 0 spiro atoms. The van der Waals surface area contributed by atoms with Gasteiger partial charge in [0.2, 0.25) is 4.77 Å². The van der Waals surface area contributed by atoms with Crippen LogP contribution in [0.3, 0.4) is 0 Å². The monoisotopic (exact) mass is 334 g/mol. The van der Waals surface area contributed by atoms with Crippen LogP contribution in [0.2, 0.25) is 15.1 Å². The standard InChI is InChI=1S/C10H5Cl3N4OS/c11-6-1-2-7(12)9(13)5(6)3-15-17-8(18)4-14-16-10(17)19/h1-4H,(H,16,19)/b15-3-. The molecule has 5 nitrogen and oxygen atoms in total. The van der Waals surface area contributed by atoms with Crippen LogP contribution in [-0.2, 0) is 0 Å². The van der Waals surface area contributed by atoms with Crippen LogP contribution in [0.1, 0.15) is 5.56 Å². The van der Waals surface area contributed by atoms with Gasteiger partial charge in [-0.3, -0.25) is 9.89 Å². The van der Waals surface area contributed by atoms with Crippen LogP contribution >= 0.6 is 47.0 Å². The molecule has 0 aliphatic rings. The molecule has 98 valence electrons. The number of aromatic amines is 1. The van der Waals surface area contributed by atoms with E-state index in [9.17, 15) is 4.79 Å². The Kier molecular flexibility index (Phi) is 4.36. The molecule has 0 amide bonds. The second-order valence-corrected chi connectivity index (χ2v) is 4.91. The fourth-order valence-electron chi connectivity index (χ4n) is 1.23. The summed E-state index contributed by atoms with van der Waals surface area (Å²) < 4.78 is 1.01. The molecule has 2 aromatic rings. The molecular weight excluding hydrogens is 331 g/mol. The van der Waals surface area contributed by atoms with E-state index in [1.165, 1.54) is 6.21 Å². The van der Waals surface area contributed by atoms with E-state index >= 15 is 0 Å². The van der Waals surface area contributed by atoms with Crippen molar-refractivity contribution in [1.82, 2.24) is 14.9 Å². The van der Waals surface area contributed by atoms with Gasteiger partial charge >= 0.3 is 0 Å². The molecule has 1 N–H and O–H groups in total. The molecule has 0 aliphatic heterocycles. The van der Waals surface area contributed by atoms with Gasteiger partial charge in [0.1, 0.15) is 6.20 Å². The van der Waals surface area contributed by atoms with Gasteiger partial charge < -0.3 is 0 Å². The molecule has 0 atom stereocenters. The minimum atomic E-state index is -0.478. The number of nitrogens with zero attached hydrogens (tertiary/aromatic N) is 3. The summed E-state index contributed by atoms with van der Waals surface area (Å²) in [6.45, 7) is 0. The topological polar surface area (TPSA) is 63.0 Å². The van der Waals surface area contributed by atoms with E-state index in [-0.39, 0.29) is 9.79 Å². The number of rotatable bonds is 2. The van der Waals surface area contributed by atoms with E-state index < -0.39 is 5.56 Å². The van der Waals surface area contributed by atoms with Crippen LogP contribution in [0.15, 0.2) is 28.2 Å². The maximum Gasteiger partial charge on any atom is 0.293 e. The summed E-state index contributed by atoms with van der Waals surface area (Å²) in [5.41, 5.74) is -0.0804. The summed E-state index contributed by atoms with van der Waals surface area (Å²) in [5, 5.41) is 10.8. The molecule has 0 fully saturated rings. The normalized spacial score (nSPS) is 11.1. The first-order valence-corrected chi connectivity index (χ1v) is 6.39. The molecule has 0 radical (unpaired) electrons. The minimum Gasteiger partial charge on any atom is -0.265 e.